The monoisotopic (exact) mass is 571 g/mol. The van der Waals surface area contributed by atoms with Gasteiger partial charge in [0.05, 0.1) is 105 Å². The number of hydrogen-bond donors (Lipinski definition) is 3. The molecule has 4 N–H and O–H groups in total. The van der Waals surface area contributed by atoms with E-state index in [2.05, 4.69) is 20.4 Å². The molecular weight excluding hydrogens is 514 g/mol. The van der Waals surface area contributed by atoms with E-state index in [1.807, 2.05) is 0 Å². The Morgan fingerprint density at radius 1 is 0.488 bits per heavy atom. The zero-order chi connectivity index (χ0) is 27.8. The van der Waals surface area contributed by atoms with Gasteiger partial charge < -0.3 is 44.1 Å². The maximum Gasteiger partial charge on any atom is 0.157 e. The van der Waals surface area contributed by atoms with Gasteiger partial charge in [-0.05, 0) is 0 Å². The van der Waals surface area contributed by atoms with Crippen molar-refractivity contribution in [2.75, 3.05) is 173 Å². The minimum atomic E-state index is 0.803. The molecule has 0 radical (unpaired) electrons. The van der Waals surface area contributed by atoms with E-state index < -0.39 is 0 Å². The Hall–Kier alpha value is -1.76. The largest absolute Gasteiger partial charge is 0.393 e. The maximum absolute atomic E-state index is 6.89. The molecule has 7 rings (SSSR count). The summed E-state index contributed by atoms with van der Waals surface area (Å²) < 4.78 is 5.30. The first-order valence-electron chi connectivity index (χ1n) is 16.9. The standard InChI is InChI=1S/C30H57N11/c31-28-29(36-7-19-40(20-8-36)13-1-11-38(23-25-40)15-3-32-4-16-38)34-27-35-30(28)37-9-21-41(22-10-37)14-2-12-39(24-26-41)17-5-33-6-18-39/h27,32-33H,1-26,31H2/q+4. The van der Waals surface area contributed by atoms with Crippen molar-refractivity contribution in [3.05, 3.63) is 6.33 Å². The highest BCUT2D eigenvalue weighted by molar-refractivity contribution is 5.75. The van der Waals surface area contributed by atoms with E-state index >= 15 is 0 Å². The second kappa shape index (κ2) is 11.4. The molecule has 11 heteroatoms. The van der Waals surface area contributed by atoms with Crippen LogP contribution in [0.5, 0.6) is 0 Å². The molecule has 1 aromatic rings. The van der Waals surface area contributed by atoms with Gasteiger partial charge in [-0.2, -0.15) is 0 Å². The Morgan fingerprint density at radius 3 is 1.20 bits per heavy atom. The second-order valence-corrected chi connectivity index (χ2v) is 14.6. The number of piperazine rings is 4. The van der Waals surface area contributed by atoms with Gasteiger partial charge in [-0.25, -0.2) is 9.97 Å². The Bertz CT molecular complexity index is 957. The fourth-order valence-electron chi connectivity index (χ4n) is 9.39. The number of nitrogens with two attached hydrogens (primary N) is 1. The van der Waals surface area contributed by atoms with Crippen molar-refractivity contribution in [3.8, 4) is 0 Å². The lowest BCUT2D eigenvalue weighted by Crippen LogP contribution is -2.64. The van der Waals surface area contributed by atoms with Crippen molar-refractivity contribution in [1.29, 1.82) is 0 Å². The SMILES string of the molecule is Nc1c(N2CC[N+]3(CCC[N+]4(CCNCC4)CC3)CC2)ncnc1N1CC[N+]2(CCC[N+]3(CCNCC3)CC2)CC1. The van der Waals surface area contributed by atoms with Crippen LogP contribution in [0.15, 0.2) is 6.33 Å². The van der Waals surface area contributed by atoms with Gasteiger partial charge in [0.25, 0.3) is 0 Å². The first-order chi connectivity index (χ1) is 20.0. The number of anilines is 3. The van der Waals surface area contributed by atoms with Crippen LogP contribution in [-0.2, 0) is 0 Å². The number of nitrogens with zero attached hydrogens (tertiary/aromatic N) is 8. The molecule has 0 saturated carbocycles. The van der Waals surface area contributed by atoms with Gasteiger partial charge in [-0.3, -0.25) is 0 Å². The summed E-state index contributed by atoms with van der Waals surface area (Å²) in [4.78, 5) is 14.4. The molecule has 0 aliphatic carbocycles. The lowest BCUT2D eigenvalue weighted by molar-refractivity contribution is -0.964. The van der Waals surface area contributed by atoms with Gasteiger partial charge in [0.2, 0.25) is 0 Å². The molecule has 0 bridgehead atoms. The molecule has 0 unspecified atom stereocenters. The first-order valence-corrected chi connectivity index (χ1v) is 16.9. The van der Waals surface area contributed by atoms with Crippen molar-refractivity contribution in [2.24, 2.45) is 0 Å². The van der Waals surface area contributed by atoms with Crippen molar-refractivity contribution in [2.45, 2.75) is 12.8 Å². The number of hydrogen-bond acceptors (Lipinski definition) is 7. The number of nitrogens with one attached hydrogen (secondary N) is 2. The van der Waals surface area contributed by atoms with E-state index in [1.54, 1.807) is 6.33 Å². The smallest absolute Gasteiger partial charge is 0.157 e. The van der Waals surface area contributed by atoms with Crippen LogP contribution in [0.25, 0.3) is 0 Å². The molecule has 228 valence electrons. The highest BCUT2D eigenvalue weighted by Gasteiger charge is 2.43. The first kappa shape index (κ1) is 28.0. The number of rotatable bonds is 2. The zero-order valence-corrected chi connectivity index (χ0v) is 25.6. The Kier molecular flexibility index (Phi) is 7.79. The number of nitrogen functional groups attached to an aromatic ring is 1. The molecule has 6 aliphatic rings. The summed E-state index contributed by atoms with van der Waals surface area (Å²) >= 11 is 0. The van der Waals surface area contributed by atoms with E-state index in [1.165, 1.54) is 162 Å². The number of quaternary nitrogens is 4. The highest BCUT2D eigenvalue weighted by Crippen LogP contribution is 2.33. The van der Waals surface area contributed by atoms with Crippen LogP contribution in [0.2, 0.25) is 0 Å². The van der Waals surface area contributed by atoms with Crippen LogP contribution in [-0.4, -0.2) is 185 Å². The van der Waals surface area contributed by atoms with E-state index in [-0.39, 0.29) is 0 Å². The normalized spacial score (nSPS) is 29.5. The van der Waals surface area contributed by atoms with Crippen LogP contribution >= 0.6 is 0 Å². The molecular formula is C30H57N11+4. The maximum atomic E-state index is 6.89. The van der Waals surface area contributed by atoms with Crippen LogP contribution in [0, 0.1) is 0 Å². The molecule has 0 aromatic carbocycles. The highest BCUT2D eigenvalue weighted by atomic mass is 15.5. The molecule has 1 aromatic heterocycles. The lowest BCUT2D eigenvalue weighted by atomic mass is 10.2. The molecule has 6 aliphatic heterocycles. The summed E-state index contributed by atoms with van der Waals surface area (Å²) in [6.07, 6.45) is 4.51. The van der Waals surface area contributed by atoms with Crippen molar-refractivity contribution >= 4 is 17.3 Å². The predicted molar refractivity (Wildman–Crippen MR) is 165 cm³/mol. The summed E-state index contributed by atoms with van der Waals surface area (Å²) in [6.45, 7) is 30.0. The quantitative estimate of drug-likeness (QED) is 0.392. The third kappa shape index (κ3) is 5.65. The average Bonchev–Trinajstić information content (AvgIpc) is 3.28. The van der Waals surface area contributed by atoms with E-state index in [4.69, 9.17) is 15.7 Å². The van der Waals surface area contributed by atoms with Crippen molar-refractivity contribution in [1.82, 2.24) is 20.6 Å². The Morgan fingerprint density at radius 2 is 0.829 bits per heavy atom. The van der Waals surface area contributed by atoms with Crippen LogP contribution in [0.3, 0.4) is 0 Å². The summed E-state index contributed by atoms with van der Waals surface area (Å²) in [7, 11) is 0. The van der Waals surface area contributed by atoms with Gasteiger partial charge >= 0.3 is 0 Å². The van der Waals surface area contributed by atoms with E-state index in [9.17, 15) is 0 Å². The zero-order valence-electron chi connectivity index (χ0n) is 25.6. The van der Waals surface area contributed by atoms with E-state index in [0.29, 0.717) is 0 Å². The van der Waals surface area contributed by atoms with Gasteiger partial charge in [0, 0.05) is 39.0 Å². The lowest BCUT2D eigenvalue weighted by Gasteiger charge is -2.46. The van der Waals surface area contributed by atoms with Gasteiger partial charge in [0.15, 0.2) is 11.6 Å². The van der Waals surface area contributed by atoms with Gasteiger partial charge in [0.1, 0.15) is 38.2 Å². The summed E-state index contributed by atoms with van der Waals surface area (Å²) in [5, 5.41) is 7.15. The Labute approximate surface area is 247 Å². The molecule has 6 saturated heterocycles. The summed E-state index contributed by atoms with van der Waals surface area (Å²) in [5.41, 5.74) is 7.69. The molecule has 0 atom stereocenters. The van der Waals surface area contributed by atoms with Crippen molar-refractivity contribution < 1.29 is 17.9 Å². The van der Waals surface area contributed by atoms with E-state index in [0.717, 1.165) is 43.5 Å². The van der Waals surface area contributed by atoms with Gasteiger partial charge in [-0.1, -0.05) is 0 Å². The molecule has 0 amide bonds. The third-order valence-corrected chi connectivity index (χ3v) is 12.5. The second-order valence-electron chi connectivity index (χ2n) is 14.6. The minimum Gasteiger partial charge on any atom is -0.393 e. The fraction of sp³-hybridized carbons (Fsp3) is 0.867. The summed E-state index contributed by atoms with van der Waals surface area (Å²) in [5.74, 6) is 1.95. The number of aromatic nitrogens is 2. The van der Waals surface area contributed by atoms with Gasteiger partial charge in [-0.15, -0.1) is 0 Å². The minimum absolute atomic E-state index is 0.803. The summed E-state index contributed by atoms with van der Waals surface area (Å²) in [6, 6.07) is 0. The Balaban J connectivity index is 0.965. The van der Waals surface area contributed by atoms with Crippen LogP contribution in [0.1, 0.15) is 12.8 Å². The average molecular weight is 572 g/mol. The third-order valence-electron chi connectivity index (χ3n) is 12.5. The predicted octanol–water partition coefficient (Wildman–Crippen LogP) is -1.02. The molecule has 11 nitrogen and oxygen atoms in total. The molecule has 7 heterocycles. The van der Waals surface area contributed by atoms with Crippen LogP contribution in [0.4, 0.5) is 17.3 Å². The molecule has 4 spiro atoms. The van der Waals surface area contributed by atoms with Crippen LogP contribution < -0.4 is 26.2 Å². The van der Waals surface area contributed by atoms with Crippen molar-refractivity contribution in [3.63, 3.8) is 0 Å². The molecule has 41 heavy (non-hydrogen) atoms. The fourth-order valence-corrected chi connectivity index (χ4v) is 9.39. The molecule has 6 fully saturated rings. The topological polar surface area (TPSA) is 82.3 Å².